The summed E-state index contributed by atoms with van der Waals surface area (Å²) in [6, 6.07) is 21.1. The molecule has 0 fully saturated rings. The molecule has 4 aromatic rings. The number of halogens is 1. The van der Waals surface area contributed by atoms with E-state index in [-0.39, 0.29) is 6.61 Å². The Labute approximate surface area is 158 Å². The van der Waals surface area contributed by atoms with Gasteiger partial charge in [-0.3, -0.25) is 0 Å². The SMILES string of the molecule is O=C(OCc1cn(-c2cccc3ccccc23)nn1)c1ccc(Br)cc1. The number of hydrogen-bond donors (Lipinski definition) is 0. The van der Waals surface area contributed by atoms with Gasteiger partial charge < -0.3 is 4.74 Å². The van der Waals surface area contributed by atoms with E-state index in [0.29, 0.717) is 11.3 Å². The van der Waals surface area contributed by atoms with Gasteiger partial charge in [0.15, 0.2) is 0 Å². The molecule has 6 heteroatoms. The third kappa shape index (κ3) is 3.36. The van der Waals surface area contributed by atoms with Crippen LogP contribution in [-0.2, 0) is 11.3 Å². The molecular weight excluding hydrogens is 394 g/mol. The van der Waals surface area contributed by atoms with Crippen molar-refractivity contribution in [2.24, 2.45) is 0 Å². The molecule has 0 atom stereocenters. The van der Waals surface area contributed by atoms with Crippen LogP contribution < -0.4 is 0 Å². The summed E-state index contributed by atoms with van der Waals surface area (Å²) in [4.78, 5) is 12.1. The Kier molecular flexibility index (Phi) is 4.50. The van der Waals surface area contributed by atoms with Gasteiger partial charge in [-0.1, -0.05) is 57.5 Å². The van der Waals surface area contributed by atoms with Gasteiger partial charge in [-0.25, -0.2) is 9.48 Å². The second-order valence-electron chi connectivity index (χ2n) is 5.74. The van der Waals surface area contributed by atoms with Crippen molar-refractivity contribution in [3.05, 3.63) is 88.7 Å². The number of carbonyl (C=O) groups excluding carboxylic acids is 1. The highest BCUT2D eigenvalue weighted by Crippen LogP contribution is 2.21. The molecule has 26 heavy (non-hydrogen) atoms. The van der Waals surface area contributed by atoms with Gasteiger partial charge in [0, 0.05) is 9.86 Å². The van der Waals surface area contributed by atoms with E-state index in [1.165, 1.54) is 0 Å². The minimum absolute atomic E-state index is 0.0691. The van der Waals surface area contributed by atoms with Crippen LogP contribution in [0.5, 0.6) is 0 Å². The molecule has 0 aliphatic carbocycles. The first-order valence-corrected chi connectivity index (χ1v) is 8.82. The monoisotopic (exact) mass is 407 g/mol. The van der Waals surface area contributed by atoms with Gasteiger partial charge in [-0.05, 0) is 35.7 Å². The molecule has 0 saturated carbocycles. The zero-order chi connectivity index (χ0) is 17.9. The van der Waals surface area contributed by atoms with Crippen LogP contribution in [0.4, 0.5) is 0 Å². The van der Waals surface area contributed by atoms with Crippen molar-refractivity contribution >= 4 is 32.7 Å². The first-order chi connectivity index (χ1) is 12.7. The van der Waals surface area contributed by atoms with Crippen molar-refractivity contribution in [2.75, 3.05) is 0 Å². The summed E-state index contributed by atoms with van der Waals surface area (Å²) in [6.45, 7) is 0.0691. The highest BCUT2D eigenvalue weighted by atomic mass is 79.9. The lowest BCUT2D eigenvalue weighted by Crippen LogP contribution is -2.05. The summed E-state index contributed by atoms with van der Waals surface area (Å²) in [5, 5.41) is 10.5. The van der Waals surface area contributed by atoms with E-state index >= 15 is 0 Å². The van der Waals surface area contributed by atoms with Crippen LogP contribution in [0.3, 0.4) is 0 Å². The molecule has 1 heterocycles. The summed E-state index contributed by atoms with van der Waals surface area (Å²) in [5.74, 6) is -0.391. The molecule has 0 spiro atoms. The molecule has 128 valence electrons. The fourth-order valence-corrected chi connectivity index (χ4v) is 2.96. The van der Waals surface area contributed by atoms with Crippen molar-refractivity contribution in [2.45, 2.75) is 6.61 Å². The average Bonchev–Trinajstić information content (AvgIpc) is 3.15. The Balaban J connectivity index is 1.51. The zero-order valence-electron chi connectivity index (χ0n) is 13.7. The number of fused-ring (bicyclic) bond motifs is 1. The van der Waals surface area contributed by atoms with Crippen LogP contribution >= 0.6 is 15.9 Å². The summed E-state index contributed by atoms with van der Waals surface area (Å²) < 4.78 is 7.93. The van der Waals surface area contributed by atoms with Crippen LogP contribution in [0, 0.1) is 0 Å². The van der Waals surface area contributed by atoms with E-state index in [2.05, 4.69) is 38.4 Å². The normalized spacial score (nSPS) is 10.8. The minimum Gasteiger partial charge on any atom is -0.455 e. The first-order valence-electron chi connectivity index (χ1n) is 8.03. The number of carbonyl (C=O) groups is 1. The van der Waals surface area contributed by atoms with Gasteiger partial charge in [0.05, 0.1) is 17.4 Å². The van der Waals surface area contributed by atoms with Gasteiger partial charge >= 0.3 is 5.97 Å². The van der Waals surface area contributed by atoms with E-state index in [9.17, 15) is 4.79 Å². The predicted molar refractivity (Wildman–Crippen MR) is 102 cm³/mol. The maximum atomic E-state index is 12.1. The maximum absolute atomic E-state index is 12.1. The zero-order valence-corrected chi connectivity index (χ0v) is 15.3. The van der Waals surface area contributed by atoms with E-state index in [1.807, 2.05) is 30.3 Å². The number of hydrogen-bond acceptors (Lipinski definition) is 4. The number of esters is 1. The van der Waals surface area contributed by atoms with Gasteiger partial charge in [0.2, 0.25) is 0 Å². The summed E-state index contributed by atoms with van der Waals surface area (Å²) in [6.07, 6.45) is 1.77. The van der Waals surface area contributed by atoms with Gasteiger partial charge in [-0.15, -0.1) is 5.10 Å². The number of benzene rings is 3. The van der Waals surface area contributed by atoms with E-state index < -0.39 is 5.97 Å². The molecule has 0 amide bonds. The van der Waals surface area contributed by atoms with E-state index in [4.69, 9.17) is 4.74 Å². The summed E-state index contributed by atoms with van der Waals surface area (Å²) in [7, 11) is 0. The van der Waals surface area contributed by atoms with Crippen molar-refractivity contribution in [1.82, 2.24) is 15.0 Å². The van der Waals surface area contributed by atoms with Crippen LogP contribution in [0.25, 0.3) is 16.5 Å². The maximum Gasteiger partial charge on any atom is 0.338 e. The molecule has 0 N–H and O–H groups in total. The Morgan fingerprint density at radius 2 is 1.77 bits per heavy atom. The molecule has 0 aliphatic rings. The molecule has 0 saturated heterocycles. The lowest BCUT2D eigenvalue weighted by molar-refractivity contribution is 0.0467. The van der Waals surface area contributed by atoms with E-state index in [0.717, 1.165) is 20.9 Å². The van der Waals surface area contributed by atoms with Crippen molar-refractivity contribution in [3.8, 4) is 5.69 Å². The van der Waals surface area contributed by atoms with Crippen LogP contribution in [0.1, 0.15) is 16.1 Å². The number of aromatic nitrogens is 3. The molecular formula is C20H14BrN3O2. The molecule has 0 aliphatic heterocycles. The third-order valence-electron chi connectivity index (χ3n) is 3.99. The fourth-order valence-electron chi connectivity index (χ4n) is 2.70. The molecule has 0 bridgehead atoms. The molecule has 0 unspecified atom stereocenters. The van der Waals surface area contributed by atoms with E-state index in [1.54, 1.807) is 35.1 Å². The lowest BCUT2D eigenvalue weighted by atomic mass is 10.1. The Hall–Kier alpha value is -2.99. The van der Waals surface area contributed by atoms with Gasteiger partial charge in [-0.2, -0.15) is 0 Å². The minimum atomic E-state index is -0.391. The summed E-state index contributed by atoms with van der Waals surface area (Å²) in [5.41, 5.74) is 2.01. The molecule has 4 rings (SSSR count). The third-order valence-corrected chi connectivity index (χ3v) is 4.51. The highest BCUT2D eigenvalue weighted by Gasteiger charge is 2.10. The molecule has 3 aromatic carbocycles. The Bertz CT molecular complexity index is 1070. The summed E-state index contributed by atoms with van der Waals surface area (Å²) >= 11 is 3.34. The number of ether oxygens (including phenoxy) is 1. The Morgan fingerprint density at radius 3 is 2.62 bits per heavy atom. The van der Waals surface area contributed by atoms with Gasteiger partial charge in [0.1, 0.15) is 12.3 Å². The molecule has 1 aromatic heterocycles. The van der Waals surface area contributed by atoms with Crippen LogP contribution in [-0.4, -0.2) is 21.0 Å². The number of nitrogens with zero attached hydrogens (tertiary/aromatic N) is 3. The quantitative estimate of drug-likeness (QED) is 0.466. The van der Waals surface area contributed by atoms with Gasteiger partial charge in [0.25, 0.3) is 0 Å². The largest absolute Gasteiger partial charge is 0.455 e. The second kappa shape index (κ2) is 7.09. The van der Waals surface area contributed by atoms with Crippen LogP contribution in [0.2, 0.25) is 0 Å². The Morgan fingerprint density at radius 1 is 1.00 bits per heavy atom. The molecule has 0 radical (unpaired) electrons. The number of rotatable bonds is 4. The van der Waals surface area contributed by atoms with Crippen molar-refractivity contribution < 1.29 is 9.53 Å². The first kappa shape index (κ1) is 16.5. The van der Waals surface area contributed by atoms with Crippen molar-refractivity contribution in [3.63, 3.8) is 0 Å². The molecule has 5 nitrogen and oxygen atoms in total. The highest BCUT2D eigenvalue weighted by molar-refractivity contribution is 9.10. The van der Waals surface area contributed by atoms with Crippen LogP contribution in [0.15, 0.2) is 77.4 Å². The second-order valence-corrected chi connectivity index (χ2v) is 6.65. The lowest BCUT2D eigenvalue weighted by Gasteiger charge is -2.05. The standard InChI is InChI=1S/C20H14BrN3O2/c21-16-10-8-15(9-11-16)20(25)26-13-17-12-24(23-22-17)19-7-3-5-14-4-1-2-6-18(14)19/h1-12H,13H2. The fraction of sp³-hybridized carbons (Fsp3) is 0.0500. The average molecular weight is 408 g/mol. The predicted octanol–water partition coefficient (Wildman–Crippen LogP) is 4.54. The van der Waals surface area contributed by atoms with Crippen molar-refractivity contribution in [1.29, 1.82) is 0 Å². The topological polar surface area (TPSA) is 57.0 Å². The smallest absolute Gasteiger partial charge is 0.338 e.